The van der Waals surface area contributed by atoms with Gasteiger partial charge in [-0.05, 0) is 38.1 Å². The predicted octanol–water partition coefficient (Wildman–Crippen LogP) is 6.66. The summed E-state index contributed by atoms with van der Waals surface area (Å²) < 4.78 is 13.2. The van der Waals surface area contributed by atoms with Crippen molar-refractivity contribution >= 4 is 76.1 Å². The predicted molar refractivity (Wildman–Crippen MR) is 170 cm³/mol. The molecule has 6 rings (SSSR count). The van der Waals surface area contributed by atoms with Gasteiger partial charge in [0, 0.05) is 0 Å². The highest BCUT2D eigenvalue weighted by molar-refractivity contribution is 8.26. The van der Waals surface area contributed by atoms with Crippen LogP contribution in [-0.2, 0) is 14.4 Å². The maximum Gasteiger partial charge on any atom is 0.284 e. The van der Waals surface area contributed by atoms with Gasteiger partial charge in [0.1, 0.15) is 17.1 Å². The number of rotatable bonds is 7. The van der Waals surface area contributed by atoms with Gasteiger partial charge in [-0.15, -0.1) is 0 Å². The van der Waals surface area contributed by atoms with Crippen molar-refractivity contribution in [2.45, 2.75) is 33.4 Å². The molecule has 0 radical (unpaired) electrons. The molecule has 9 nitrogen and oxygen atoms in total. The number of carbonyl (C=O) groups is 3. The van der Waals surface area contributed by atoms with E-state index in [1.165, 1.54) is 57.1 Å². The molecule has 0 aliphatic carbocycles. The number of thioether (sulfide) groups is 4. The maximum absolute atomic E-state index is 14.1. The highest BCUT2D eigenvalue weighted by atomic mass is 32.2. The highest BCUT2D eigenvalue weighted by Gasteiger charge is 2.47. The fourth-order valence-corrected chi connectivity index (χ4v) is 10.1. The van der Waals surface area contributed by atoms with Gasteiger partial charge >= 0.3 is 0 Å². The monoisotopic (exact) mass is 646 g/mol. The normalized spacial score (nSPS) is 15.5. The first-order chi connectivity index (χ1) is 20.9. The number of benzene rings is 3. The molecule has 43 heavy (non-hydrogen) atoms. The molecule has 3 aliphatic heterocycles. The number of amides is 3. The van der Waals surface area contributed by atoms with Crippen LogP contribution in [0.4, 0.5) is 11.4 Å². The number of hydrogen-bond acceptors (Lipinski definition) is 9. The smallest absolute Gasteiger partial charge is 0.284 e. The van der Waals surface area contributed by atoms with E-state index in [2.05, 4.69) is 4.85 Å². The lowest BCUT2D eigenvalue weighted by Crippen LogP contribution is -2.41. The average molecular weight is 647 g/mol. The lowest BCUT2D eigenvalue weighted by molar-refractivity contribution is -0.116. The maximum atomic E-state index is 14.1. The molecule has 0 bridgehead atoms. The molecule has 1 fully saturated rings. The second kappa shape index (κ2) is 12.0. The van der Waals surface area contributed by atoms with Gasteiger partial charge in [-0.1, -0.05) is 83.4 Å². The van der Waals surface area contributed by atoms with Crippen LogP contribution in [0.5, 0.6) is 11.5 Å². The van der Waals surface area contributed by atoms with E-state index in [-0.39, 0.29) is 11.3 Å². The van der Waals surface area contributed by atoms with Crippen LogP contribution in [-0.4, -0.2) is 30.9 Å². The number of hydrazine groups is 1. The highest BCUT2D eigenvalue weighted by Crippen LogP contribution is 2.68. The zero-order chi connectivity index (χ0) is 30.2. The summed E-state index contributed by atoms with van der Waals surface area (Å²) in [4.78, 5) is 46.4. The van der Waals surface area contributed by atoms with Crippen molar-refractivity contribution in [2.75, 3.05) is 23.2 Å². The van der Waals surface area contributed by atoms with Crippen molar-refractivity contribution in [3.05, 3.63) is 91.8 Å². The largest absolute Gasteiger partial charge is 0.491 e. The summed E-state index contributed by atoms with van der Waals surface area (Å²) in [5, 5.41) is 2.80. The van der Waals surface area contributed by atoms with Gasteiger partial charge < -0.3 is 15.2 Å². The van der Waals surface area contributed by atoms with Gasteiger partial charge in [0.25, 0.3) is 17.5 Å². The number of para-hydroxylation sites is 2. The van der Waals surface area contributed by atoms with E-state index < -0.39 is 17.7 Å². The third-order valence-corrected chi connectivity index (χ3v) is 11.5. The van der Waals surface area contributed by atoms with Gasteiger partial charge in [-0.3, -0.25) is 14.4 Å². The van der Waals surface area contributed by atoms with E-state index in [0.717, 1.165) is 0 Å². The Hall–Kier alpha value is -3.96. The molecule has 0 unspecified atom stereocenters. The Morgan fingerprint density at radius 3 is 1.56 bits per heavy atom. The number of nitrogens with zero attached hydrogens (tertiary/aromatic N) is 3. The molecule has 0 spiro atoms. The second-order valence-corrected chi connectivity index (χ2v) is 13.5. The van der Waals surface area contributed by atoms with E-state index in [1.54, 1.807) is 24.3 Å². The van der Waals surface area contributed by atoms with Crippen LogP contribution in [0, 0.1) is 6.57 Å². The molecule has 3 amide bonds. The number of fused-ring (bicyclic) bond motifs is 2. The van der Waals surface area contributed by atoms with E-state index in [4.69, 9.17) is 21.8 Å². The van der Waals surface area contributed by atoms with Crippen molar-refractivity contribution in [1.29, 1.82) is 0 Å². The summed E-state index contributed by atoms with van der Waals surface area (Å²) in [6.45, 7) is 11.9. The summed E-state index contributed by atoms with van der Waals surface area (Å²) in [6, 6.07) is 18.1. The summed E-state index contributed by atoms with van der Waals surface area (Å²) in [7, 11) is 0. The summed E-state index contributed by atoms with van der Waals surface area (Å²) in [5.41, 5.74) is 6.51. The van der Waals surface area contributed by atoms with Gasteiger partial charge in [-0.25, -0.2) is 14.9 Å². The molecule has 0 atom stereocenters. The molecule has 13 heteroatoms. The average Bonchev–Trinajstić information content (AvgIpc) is 3.70. The quantitative estimate of drug-likeness (QED) is 0.171. The minimum Gasteiger partial charge on any atom is -0.491 e. The van der Waals surface area contributed by atoms with Crippen LogP contribution in [0.3, 0.4) is 0 Å². The third kappa shape index (κ3) is 4.94. The summed E-state index contributed by atoms with van der Waals surface area (Å²) in [6.07, 6.45) is 0. The molecular weight excluding hydrogens is 625 g/mol. The number of primary amides is 1. The van der Waals surface area contributed by atoms with Gasteiger partial charge in [0.05, 0.1) is 59.2 Å². The van der Waals surface area contributed by atoms with Crippen LogP contribution in [0.25, 0.3) is 4.85 Å². The Balaban J connectivity index is 1.50. The minimum absolute atomic E-state index is 0.0499. The van der Waals surface area contributed by atoms with Crippen molar-refractivity contribution < 1.29 is 23.9 Å². The topological polar surface area (TPSA) is 107 Å². The molecule has 3 aliphatic rings. The van der Waals surface area contributed by atoms with Gasteiger partial charge in [-0.2, -0.15) is 0 Å². The zero-order valence-electron chi connectivity index (χ0n) is 22.8. The Morgan fingerprint density at radius 1 is 0.767 bits per heavy atom. The summed E-state index contributed by atoms with van der Waals surface area (Å²) in [5.74, 6) is -0.598. The molecule has 3 heterocycles. The fraction of sp³-hybridized carbons (Fsp3) is 0.133. The van der Waals surface area contributed by atoms with Crippen LogP contribution >= 0.6 is 47.0 Å². The zero-order valence-corrected chi connectivity index (χ0v) is 26.0. The molecule has 3 aromatic carbocycles. The van der Waals surface area contributed by atoms with Crippen LogP contribution in [0.1, 0.15) is 13.8 Å². The minimum atomic E-state index is -0.804. The molecule has 0 aromatic heterocycles. The third-order valence-electron chi connectivity index (χ3n) is 6.35. The lowest BCUT2D eigenvalue weighted by atomic mass is 10.2. The second-order valence-electron chi connectivity index (χ2n) is 8.93. The Bertz CT molecular complexity index is 1680. The standard InChI is InChI=1S/C30H22N4O5S4/c1-4-38-20-22-23(21(39-5-2)25-24(20)42-30(43-25)19(32-3)26(31)35)41-29(40-22)18-27(36)33(16-12-8-6-9-13-16)34(28(18)37)17-14-10-7-11-15-17/h6-15H,4-5H2,1-2H3,(H2,31,35). The van der Waals surface area contributed by atoms with Crippen molar-refractivity contribution in [1.82, 2.24) is 0 Å². The Labute approximate surface area is 264 Å². The first kappa shape index (κ1) is 29.1. The van der Waals surface area contributed by atoms with Gasteiger partial charge in [0.2, 0.25) is 5.91 Å². The molecule has 216 valence electrons. The van der Waals surface area contributed by atoms with Crippen LogP contribution < -0.4 is 25.2 Å². The Kier molecular flexibility index (Phi) is 8.11. The number of ether oxygens (including phenoxy) is 2. The number of nitrogens with two attached hydrogens (primary N) is 1. The fourth-order valence-electron chi connectivity index (χ4n) is 4.62. The van der Waals surface area contributed by atoms with Crippen LogP contribution in [0.2, 0.25) is 0 Å². The van der Waals surface area contributed by atoms with Crippen molar-refractivity contribution in [2.24, 2.45) is 5.73 Å². The molecule has 1 saturated heterocycles. The van der Waals surface area contributed by atoms with Crippen molar-refractivity contribution in [3.8, 4) is 11.5 Å². The number of anilines is 2. The first-order valence-electron chi connectivity index (χ1n) is 13.0. The molecular formula is C30H22N4O5S4. The first-order valence-corrected chi connectivity index (χ1v) is 16.3. The lowest BCUT2D eigenvalue weighted by Gasteiger charge is -2.27. The SMILES string of the molecule is [C-]#[N+]C(C(N)=O)=C1Sc2c(OCC)c3c(c(OCC)c2S1)SC(=C1C(=O)N(c2ccccc2)N(c2ccccc2)C1=O)S3. The van der Waals surface area contributed by atoms with Crippen molar-refractivity contribution in [3.63, 3.8) is 0 Å². The summed E-state index contributed by atoms with van der Waals surface area (Å²) >= 11 is 5.03. The van der Waals surface area contributed by atoms with Crippen LogP contribution in [0.15, 0.2) is 100.0 Å². The van der Waals surface area contributed by atoms with E-state index in [9.17, 15) is 14.4 Å². The Morgan fingerprint density at radius 2 is 1.19 bits per heavy atom. The molecule has 2 N–H and O–H groups in total. The van der Waals surface area contributed by atoms with E-state index >= 15 is 0 Å². The van der Waals surface area contributed by atoms with E-state index in [1.807, 2.05) is 50.2 Å². The number of hydrogen-bond donors (Lipinski definition) is 1. The molecule has 0 saturated carbocycles. The number of carbonyl (C=O) groups excluding carboxylic acids is 3. The molecule has 3 aromatic rings. The van der Waals surface area contributed by atoms with E-state index in [0.29, 0.717) is 64.1 Å². The van der Waals surface area contributed by atoms with Gasteiger partial charge in [0.15, 0.2) is 0 Å².